The van der Waals surface area contributed by atoms with Crippen molar-refractivity contribution in [2.75, 3.05) is 20.3 Å². The Labute approximate surface area is 205 Å². The van der Waals surface area contributed by atoms with Crippen LogP contribution in [0.5, 0.6) is 11.5 Å². The normalized spacial score (nSPS) is 12.0. The zero-order valence-corrected chi connectivity index (χ0v) is 20.1. The summed E-state index contributed by atoms with van der Waals surface area (Å²) in [6.45, 7) is 4.45. The van der Waals surface area contributed by atoms with Gasteiger partial charge in [0.2, 0.25) is 0 Å². The molecule has 3 aromatic carbocycles. The molecular formula is C28H30N2O5. The van der Waals surface area contributed by atoms with E-state index in [-0.39, 0.29) is 17.7 Å². The van der Waals surface area contributed by atoms with Crippen LogP contribution >= 0.6 is 0 Å². The Balaban J connectivity index is 1.60. The third-order valence-electron chi connectivity index (χ3n) is 5.59. The minimum Gasteiger partial charge on any atom is -0.497 e. The van der Waals surface area contributed by atoms with Crippen molar-refractivity contribution in [2.45, 2.75) is 31.9 Å². The molecule has 182 valence electrons. The molecule has 0 bridgehead atoms. The first-order valence-electron chi connectivity index (χ1n) is 11.3. The van der Waals surface area contributed by atoms with Crippen molar-refractivity contribution in [1.29, 1.82) is 5.26 Å². The highest BCUT2D eigenvalue weighted by atomic mass is 16.5. The molecule has 0 aliphatic rings. The van der Waals surface area contributed by atoms with Crippen molar-refractivity contribution < 1.29 is 24.5 Å². The molecule has 0 fully saturated rings. The van der Waals surface area contributed by atoms with Crippen molar-refractivity contribution >= 4 is 5.97 Å². The quantitative estimate of drug-likeness (QED) is 0.380. The summed E-state index contributed by atoms with van der Waals surface area (Å²) in [7, 11) is 1.64. The lowest BCUT2D eigenvalue weighted by molar-refractivity contribution is 0.0697. The lowest BCUT2D eigenvalue weighted by Crippen LogP contribution is -2.46. The van der Waals surface area contributed by atoms with Crippen LogP contribution in [0.2, 0.25) is 0 Å². The summed E-state index contributed by atoms with van der Waals surface area (Å²) >= 11 is 0. The van der Waals surface area contributed by atoms with E-state index >= 15 is 0 Å². The number of carbonyl (C=O) groups is 1. The minimum absolute atomic E-state index is 0.0122. The summed E-state index contributed by atoms with van der Waals surface area (Å²) in [6, 6.07) is 21.6. The highest BCUT2D eigenvalue weighted by molar-refractivity contribution is 5.88. The van der Waals surface area contributed by atoms with Gasteiger partial charge in [-0.05, 0) is 73.4 Å². The van der Waals surface area contributed by atoms with E-state index in [1.165, 1.54) is 12.1 Å². The lowest BCUT2D eigenvalue weighted by Gasteiger charge is -2.28. The molecule has 0 aromatic heterocycles. The standard InChI is InChI=1S/C28H30N2O5/c1-28(2,15-19-5-4-6-25(13-19)34-3)30-17-24(31)18-35-26-14-22(11-12-23(26)16-29)20-7-9-21(10-8-20)27(32)33/h4-14,24,30-31H,15,17-18H2,1-3H3,(H,32,33)/t24-/m1/s1. The largest absolute Gasteiger partial charge is 0.497 e. The van der Waals surface area contributed by atoms with E-state index in [1.54, 1.807) is 37.4 Å². The molecule has 3 N–H and O–H groups in total. The van der Waals surface area contributed by atoms with Gasteiger partial charge in [0.25, 0.3) is 0 Å². The zero-order chi connectivity index (χ0) is 25.4. The van der Waals surface area contributed by atoms with Crippen LogP contribution in [0.15, 0.2) is 66.7 Å². The van der Waals surface area contributed by atoms with Gasteiger partial charge in [0, 0.05) is 12.1 Å². The number of nitrogens with one attached hydrogen (secondary N) is 1. The number of methoxy groups -OCH3 is 1. The molecule has 0 radical (unpaired) electrons. The number of aliphatic hydroxyl groups is 1. The lowest BCUT2D eigenvalue weighted by atomic mass is 9.94. The first kappa shape index (κ1) is 25.8. The average molecular weight is 475 g/mol. The molecule has 0 spiro atoms. The molecule has 3 rings (SSSR count). The number of β-amino-alcohol motifs (C(OH)–C–C–N with tert-alkyl or cyclic N) is 1. The maximum Gasteiger partial charge on any atom is 0.335 e. The first-order valence-corrected chi connectivity index (χ1v) is 11.3. The fourth-order valence-corrected chi connectivity index (χ4v) is 3.71. The van der Waals surface area contributed by atoms with Crippen LogP contribution in [0, 0.1) is 11.3 Å². The maximum atomic E-state index is 11.1. The molecule has 0 amide bonds. The third-order valence-corrected chi connectivity index (χ3v) is 5.59. The number of ether oxygens (including phenoxy) is 2. The molecule has 1 atom stereocenters. The van der Waals surface area contributed by atoms with Crippen LogP contribution < -0.4 is 14.8 Å². The van der Waals surface area contributed by atoms with Gasteiger partial charge in [0.05, 0.1) is 18.2 Å². The van der Waals surface area contributed by atoms with E-state index in [1.807, 2.05) is 24.3 Å². The van der Waals surface area contributed by atoms with Gasteiger partial charge in [-0.3, -0.25) is 0 Å². The number of rotatable bonds is 11. The number of benzene rings is 3. The van der Waals surface area contributed by atoms with Crippen LogP contribution in [0.3, 0.4) is 0 Å². The van der Waals surface area contributed by atoms with Crippen molar-refractivity contribution in [3.8, 4) is 28.7 Å². The summed E-state index contributed by atoms with van der Waals surface area (Å²) in [5, 5.41) is 32.4. The molecule has 7 heteroatoms. The Morgan fingerprint density at radius 1 is 1.09 bits per heavy atom. The number of aliphatic hydroxyl groups excluding tert-OH is 1. The summed E-state index contributed by atoms with van der Waals surface area (Å²) in [6.07, 6.45) is -0.0383. The third kappa shape index (κ3) is 7.31. The molecule has 0 saturated carbocycles. The van der Waals surface area contributed by atoms with Crippen LogP contribution in [0.4, 0.5) is 0 Å². The van der Waals surface area contributed by atoms with Gasteiger partial charge in [0.1, 0.15) is 30.3 Å². The van der Waals surface area contributed by atoms with Gasteiger partial charge in [-0.25, -0.2) is 4.79 Å². The number of aromatic carboxylic acids is 1. The second-order valence-corrected chi connectivity index (χ2v) is 8.96. The fourth-order valence-electron chi connectivity index (χ4n) is 3.71. The molecule has 35 heavy (non-hydrogen) atoms. The van der Waals surface area contributed by atoms with Gasteiger partial charge in [-0.2, -0.15) is 5.26 Å². The van der Waals surface area contributed by atoms with Crippen molar-refractivity contribution in [1.82, 2.24) is 5.32 Å². The smallest absolute Gasteiger partial charge is 0.335 e. The van der Waals surface area contributed by atoms with E-state index in [0.717, 1.165) is 28.9 Å². The molecule has 0 unspecified atom stereocenters. The molecule has 0 saturated heterocycles. The zero-order valence-electron chi connectivity index (χ0n) is 20.1. The Bertz CT molecular complexity index is 1200. The van der Waals surface area contributed by atoms with Gasteiger partial charge in [0.15, 0.2) is 0 Å². The molecule has 0 aliphatic carbocycles. The van der Waals surface area contributed by atoms with Gasteiger partial charge in [-0.15, -0.1) is 0 Å². The molecular weight excluding hydrogens is 444 g/mol. The van der Waals surface area contributed by atoms with E-state index in [0.29, 0.717) is 17.9 Å². The topological polar surface area (TPSA) is 112 Å². The highest BCUT2D eigenvalue weighted by Crippen LogP contribution is 2.28. The Kier molecular flexibility index (Phi) is 8.48. The number of hydrogen-bond donors (Lipinski definition) is 3. The second-order valence-electron chi connectivity index (χ2n) is 8.96. The molecule has 7 nitrogen and oxygen atoms in total. The molecule has 0 aliphatic heterocycles. The van der Waals surface area contributed by atoms with Crippen molar-refractivity contribution in [2.24, 2.45) is 0 Å². The summed E-state index contributed by atoms with van der Waals surface area (Å²) in [5.74, 6) is 0.178. The average Bonchev–Trinajstić information content (AvgIpc) is 2.86. The number of carboxylic acids is 1. The summed E-state index contributed by atoms with van der Waals surface area (Å²) < 4.78 is 11.1. The molecule has 3 aromatic rings. The van der Waals surface area contributed by atoms with Crippen LogP contribution in [0.1, 0.15) is 35.3 Å². The monoisotopic (exact) mass is 474 g/mol. The van der Waals surface area contributed by atoms with Gasteiger partial charge in [-0.1, -0.05) is 30.3 Å². The van der Waals surface area contributed by atoms with Gasteiger partial charge < -0.3 is 25.0 Å². The Morgan fingerprint density at radius 2 is 1.80 bits per heavy atom. The van der Waals surface area contributed by atoms with Gasteiger partial charge >= 0.3 is 5.97 Å². The van der Waals surface area contributed by atoms with E-state index < -0.39 is 12.1 Å². The Morgan fingerprint density at radius 3 is 2.46 bits per heavy atom. The minimum atomic E-state index is -0.991. The predicted octanol–water partition coefficient (Wildman–Crippen LogP) is 4.28. The fraction of sp³-hybridized carbons (Fsp3) is 0.286. The second kappa shape index (κ2) is 11.5. The number of nitriles is 1. The summed E-state index contributed by atoms with van der Waals surface area (Å²) in [4.78, 5) is 11.1. The van der Waals surface area contributed by atoms with Crippen LogP contribution in [-0.2, 0) is 6.42 Å². The molecule has 0 heterocycles. The van der Waals surface area contributed by atoms with E-state index in [4.69, 9.17) is 14.6 Å². The van der Waals surface area contributed by atoms with E-state index in [2.05, 4.69) is 25.2 Å². The Hall–Kier alpha value is -3.86. The maximum absolute atomic E-state index is 11.1. The van der Waals surface area contributed by atoms with Crippen LogP contribution in [-0.4, -0.2) is 48.1 Å². The SMILES string of the molecule is COc1cccc(CC(C)(C)NC[C@@H](O)COc2cc(-c3ccc(C(=O)O)cc3)ccc2C#N)c1. The van der Waals surface area contributed by atoms with E-state index in [9.17, 15) is 15.2 Å². The number of carboxylic acid groups (broad SMARTS) is 1. The van der Waals surface area contributed by atoms with Crippen LogP contribution in [0.25, 0.3) is 11.1 Å². The summed E-state index contributed by atoms with van der Waals surface area (Å²) in [5.41, 5.74) is 2.99. The number of nitrogens with zero attached hydrogens (tertiary/aromatic N) is 1. The number of hydrogen-bond acceptors (Lipinski definition) is 6. The first-order chi connectivity index (χ1) is 16.7. The highest BCUT2D eigenvalue weighted by Gasteiger charge is 2.20. The van der Waals surface area contributed by atoms with Crippen molar-refractivity contribution in [3.05, 3.63) is 83.4 Å². The van der Waals surface area contributed by atoms with Crippen molar-refractivity contribution in [3.63, 3.8) is 0 Å². The predicted molar refractivity (Wildman–Crippen MR) is 134 cm³/mol.